The van der Waals surface area contributed by atoms with Gasteiger partial charge in [-0.05, 0) is 24.5 Å². The maximum atomic E-state index is 12.5. The van der Waals surface area contributed by atoms with Crippen LogP contribution in [0.2, 0.25) is 0 Å². The molecule has 5 heteroatoms. The summed E-state index contributed by atoms with van der Waals surface area (Å²) < 4.78 is 4.69. The van der Waals surface area contributed by atoms with Gasteiger partial charge in [0.05, 0.1) is 13.2 Å². The fourth-order valence-electron chi connectivity index (χ4n) is 3.56. The van der Waals surface area contributed by atoms with Gasteiger partial charge in [0.2, 0.25) is 0 Å². The molecule has 0 spiro atoms. The molecule has 1 aromatic heterocycles. The molecule has 1 amide bonds. The van der Waals surface area contributed by atoms with Crippen LogP contribution >= 0.6 is 0 Å². The summed E-state index contributed by atoms with van der Waals surface area (Å²) >= 11 is 0. The van der Waals surface area contributed by atoms with Crippen molar-refractivity contribution in [2.45, 2.75) is 18.9 Å². The number of amides is 1. The van der Waals surface area contributed by atoms with E-state index in [4.69, 9.17) is 4.74 Å². The third kappa shape index (κ3) is 1.71. The Bertz CT molecular complexity index is 818. The molecule has 0 bridgehead atoms. The summed E-state index contributed by atoms with van der Waals surface area (Å²) in [6, 6.07) is 8.18. The zero-order chi connectivity index (χ0) is 15.3. The number of rotatable bonds is 1. The molecule has 2 aromatic rings. The number of esters is 1. The Balaban J connectivity index is 1.79. The number of nitrogens with one attached hydrogen (secondary N) is 1. The number of ether oxygens (including phenoxy) is 1. The lowest BCUT2D eigenvalue weighted by Crippen LogP contribution is -2.44. The molecule has 0 saturated carbocycles. The van der Waals surface area contributed by atoms with Crippen molar-refractivity contribution in [3.8, 4) is 0 Å². The van der Waals surface area contributed by atoms with Gasteiger partial charge in [0, 0.05) is 23.1 Å². The van der Waals surface area contributed by atoms with Gasteiger partial charge in [0.25, 0.3) is 5.91 Å². The molecule has 1 aromatic carbocycles. The third-order valence-corrected chi connectivity index (χ3v) is 4.60. The van der Waals surface area contributed by atoms with E-state index >= 15 is 0 Å². The number of H-pyrrole nitrogens is 1. The number of aromatic amines is 1. The number of hydrogen-bond acceptors (Lipinski definition) is 3. The summed E-state index contributed by atoms with van der Waals surface area (Å²) in [7, 11) is 1.30. The van der Waals surface area contributed by atoms with E-state index in [9.17, 15) is 9.59 Å². The predicted molar refractivity (Wildman–Crippen MR) is 81.2 cm³/mol. The molecule has 1 N–H and O–H groups in total. The molecule has 4 rings (SSSR count). The van der Waals surface area contributed by atoms with E-state index in [1.165, 1.54) is 18.1 Å². The third-order valence-electron chi connectivity index (χ3n) is 4.60. The van der Waals surface area contributed by atoms with Gasteiger partial charge in [0.1, 0.15) is 5.57 Å². The lowest BCUT2D eigenvalue weighted by Gasteiger charge is -2.38. The van der Waals surface area contributed by atoms with Crippen molar-refractivity contribution in [1.29, 1.82) is 0 Å². The monoisotopic (exact) mass is 296 g/mol. The summed E-state index contributed by atoms with van der Waals surface area (Å²) in [5.74, 6) is -0.779. The minimum atomic E-state index is -0.550. The van der Waals surface area contributed by atoms with Crippen molar-refractivity contribution in [3.63, 3.8) is 0 Å². The minimum Gasteiger partial charge on any atom is -0.465 e. The van der Waals surface area contributed by atoms with Crippen LogP contribution in [0.25, 0.3) is 10.9 Å². The number of methoxy groups -OCH3 is 1. The first kappa shape index (κ1) is 13.1. The second-order valence-corrected chi connectivity index (χ2v) is 5.67. The van der Waals surface area contributed by atoms with Gasteiger partial charge in [-0.3, -0.25) is 4.79 Å². The van der Waals surface area contributed by atoms with E-state index < -0.39 is 5.97 Å². The van der Waals surface area contributed by atoms with Gasteiger partial charge >= 0.3 is 5.97 Å². The summed E-state index contributed by atoms with van der Waals surface area (Å²) in [6.45, 7) is 0.632. The van der Waals surface area contributed by atoms with Gasteiger partial charge in [0.15, 0.2) is 0 Å². The molecule has 1 unspecified atom stereocenters. The fraction of sp³-hybridized carbons (Fsp3) is 0.294. The highest BCUT2D eigenvalue weighted by Crippen LogP contribution is 2.39. The Morgan fingerprint density at radius 2 is 2.18 bits per heavy atom. The molecular formula is C17H16N2O3. The minimum absolute atomic E-state index is 0.0166. The topological polar surface area (TPSA) is 62.4 Å². The molecule has 0 aliphatic carbocycles. The Hall–Kier alpha value is -2.56. The highest BCUT2D eigenvalue weighted by atomic mass is 16.5. The Morgan fingerprint density at radius 1 is 1.36 bits per heavy atom. The maximum absolute atomic E-state index is 12.5. The van der Waals surface area contributed by atoms with Crippen molar-refractivity contribution < 1.29 is 14.3 Å². The first-order chi connectivity index (χ1) is 10.7. The number of carbonyl (C=O) groups excluding carboxylic acids is 2. The van der Waals surface area contributed by atoms with Gasteiger partial charge in [-0.15, -0.1) is 0 Å². The maximum Gasteiger partial charge on any atom is 0.343 e. The van der Waals surface area contributed by atoms with Gasteiger partial charge in [-0.25, -0.2) is 4.79 Å². The molecule has 112 valence electrons. The number of para-hydroxylation sites is 1. The first-order valence-electron chi connectivity index (χ1n) is 7.39. The van der Waals surface area contributed by atoms with Gasteiger partial charge in [-0.1, -0.05) is 24.3 Å². The predicted octanol–water partition coefficient (Wildman–Crippen LogP) is 2.10. The largest absolute Gasteiger partial charge is 0.465 e. The number of nitrogens with zero attached hydrogens (tertiary/aromatic N) is 1. The van der Waals surface area contributed by atoms with Crippen LogP contribution in [0.5, 0.6) is 0 Å². The lowest BCUT2D eigenvalue weighted by molar-refractivity contribution is -0.141. The van der Waals surface area contributed by atoms with E-state index in [0.717, 1.165) is 17.6 Å². The highest BCUT2D eigenvalue weighted by molar-refractivity contribution is 6.17. The highest BCUT2D eigenvalue weighted by Gasteiger charge is 2.38. The van der Waals surface area contributed by atoms with Crippen LogP contribution in [-0.4, -0.2) is 35.4 Å². The van der Waals surface area contributed by atoms with E-state index in [1.807, 2.05) is 12.1 Å². The molecular weight excluding hydrogens is 280 g/mol. The quantitative estimate of drug-likeness (QED) is 0.647. The van der Waals surface area contributed by atoms with Crippen LogP contribution in [0.15, 0.2) is 35.9 Å². The van der Waals surface area contributed by atoms with E-state index in [0.29, 0.717) is 13.0 Å². The summed E-state index contributed by atoms with van der Waals surface area (Å²) in [4.78, 5) is 29.5. The van der Waals surface area contributed by atoms with Crippen LogP contribution in [0.4, 0.5) is 0 Å². The van der Waals surface area contributed by atoms with E-state index in [2.05, 4.69) is 17.1 Å². The molecule has 2 aliphatic heterocycles. The number of carbonyl (C=O) groups is 2. The second-order valence-electron chi connectivity index (χ2n) is 5.67. The molecule has 0 fully saturated rings. The molecule has 1 atom stereocenters. The average molecular weight is 296 g/mol. The van der Waals surface area contributed by atoms with E-state index in [-0.39, 0.29) is 17.5 Å². The smallest absolute Gasteiger partial charge is 0.343 e. The number of aromatic nitrogens is 1. The van der Waals surface area contributed by atoms with Crippen LogP contribution in [0, 0.1) is 0 Å². The standard InChI is InChI=1S/C17H16N2O3/c1-22-17(21)12-6-7-14-15-11(8-9-19(14)16(12)20)10-4-2-3-5-13(10)18-15/h2-6,14,18H,7-9H2,1H3. The summed E-state index contributed by atoms with van der Waals surface area (Å²) in [5, 5.41) is 1.23. The van der Waals surface area contributed by atoms with Crippen molar-refractivity contribution in [1.82, 2.24) is 9.88 Å². The fourth-order valence-corrected chi connectivity index (χ4v) is 3.56. The second kappa shape index (κ2) is 4.73. The van der Waals surface area contributed by atoms with E-state index in [1.54, 1.807) is 11.0 Å². The van der Waals surface area contributed by atoms with Crippen LogP contribution < -0.4 is 0 Å². The zero-order valence-electron chi connectivity index (χ0n) is 12.3. The van der Waals surface area contributed by atoms with Crippen molar-refractivity contribution in [3.05, 3.63) is 47.2 Å². The SMILES string of the molecule is COC(=O)C1=CCC2c3[nH]c4ccccc4c3CCN2C1=O. The first-order valence-corrected chi connectivity index (χ1v) is 7.39. The molecule has 2 aliphatic rings. The van der Waals surface area contributed by atoms with Crippen molar-refractivity contribution in [2.24, 2.45) is 0 Å². The molecule has 5 nitrogen and oxygen atoms in total. The summed E-state index contributed by atoms with van der Waals surface area (Å²) in [6.07, 6.45) is 3.14. The number of fused-ring (bicyclic) bond motifs is 5. The Morgan fingerprint density at radius 3 is 3.00 bits per heavy atom. The molecule has 22 heavy (non-hydrogen) atoms. The van der Waals surface area contributed by atoms with Gasteiger partial charge in [-0.2, -0.15) is 0 Å². The van der Waals surface area contributed by atoms with Crippen molar-refractivity contribution >= 4 is 22.8 Å². The molecule has 3 heterocycles. The number of hydrogen-bond donors (Lipinski definition) is 1. The number of benzene rings is 1. The zero-order valence-corrected chi connectivity index (χ0v) is 12.3. The lowest BCUT2D eigenvalue weighted by atomic mass is 9.91. The Labute approximate surface area is 127 Å². The van der Waals surface area contributed by atoms with Crippen LogP contribution in [0.3, 0.4) is 0 Å². The Kier molecular flexibility index (Phi) is 2.82. The average Bonchev–Trinajstić information content (AvgIpc) is 2.93. The van der Waals surface area contributed by atoms with Gasteiger partial charge < -0.3 is 14.6 Å². The van der Waals surface area contributed by atoms with Crippen molar-refractivity contribution in [2.75, 3.05) is 13.7 Å². The summed E-state index contributed by atoms with van der Waals surface area (Å²) in [5.41, 5.74) is 3.64. The normalized spacial score (nSPS) is 20.4. The molecule has 0 radical (unpaired) electrons. The molecule has 0 saturated heterocycles. The van der Waals surface area contributed by atoms with Crippen LogP contribution in [0.1, 0.15) is 23.7 Å². The van der Waals surface area contributed by atoms with Crippen LogP contribution in [-0.2, 0) is 20.7 Å².